The van der Waals surface area contributed by atoms with Crippen LogP contribution in [-0.2, 0) is 62.4 Å². The number of primary amides is 1. The van der Waals surface area contributed by atoms with Crippen LogP contribution in [0.1, 0.15) is 62.9 Å². The summed E-state index contributed by atoms with van der Waals surface area (Å²) in [6.45, 7) is 3.01. The van der Waals surface area contributed by atoms with Crippen molar-refractivity contribution in [3.8, 4) is 5.75 Å². The number of carboxylic acid groups (broad SMARTS) is 1. The number of aliphatic carboxylic acids is 1. The van der Waals surface area contributed by atoms with E-state index in [-0.39, 0.29) is 56.7 Å². The van der Waals surface area contributed by atoms with Gasteiger partial charge in [-0.1, -0.05) is 26.0 Å². The van der Waals surface area contributed by atoms with Crippen molar-refractivity contribution in [2.24, 2.45) is 17.4 Å². The summed E-state index contributed by atoms with van der Waals surface area (Å²) >= 11 is 1.45. The van der Waals surface area contributed by atoms with E-state index in [1.165, 1.54) is 53.8 Å². The minimum Gasteiger partial charge on any atom is -0.508 e. The highest BCUT2D eigenvalue weighted by atomic mass is 32.2. The largest absolute Gasteiger partial charge is 0.508 e. The predicted octanol–water partition coefficient (Wildman–Crippen LogP) is -2.52. The first-order valence-corrected chi connectivity index (χ1v) is 23.3. The summed E-state index contributed by atoms with van der Waals surface area (Å²) in [5.41, 5.74) is 13.0. The lowest BCUT2D eigenvalue weighted by Crippen LogP contribution is -2.59. The summed E-state index contributed by atoms with van der Waals surface area (Å²) in [5, 5.41) is 34.8. The Morgan fingerprint density at radius 3 is 2.00 bits per heavy atom. The SMILES string of the molecule is CSCC[C@H](NC(=O)[C@@H](N)Cc1cnc[nH]1)C(=O)N[C@@H](Cc1ccc(O)cc1)C(=O)N1CCC[C@H]1C(=O)N[C@@H](CC(C)C)C(=O)NCC(=O)N[C@@H](CC(N)=O)C(=O)N[C@@H](Cc1cnc[nH]1)C(=O)O. The molecule has 0 radical (unpaired) electrons. The van der Waals surface area contributed by atoms with Gasteiger partial charge in [-0.25, -0.2) is 14.8 Å². The molecule has 25 heteroatoms. The average Bonchev–Trinajstić information content (AvgIpc) is 4.11. The number of amides is 8. The molecule has 8 amide bonds. The molecular formula is C43H61N13O11S. The van der Waals surface area contributed by atoms with Gasteiger partial charge in [0.2, 0.25) is 47.3 Å². The maximum Gasteiger partial charge on any atom is 0.326 e. The molecule has 1 saturated heterocycles. The molecule has 0 saturated carbocycles. The molecule has 14 N–H and O–H groups in total. The number of hydrogen-bond donors (Lipinski definition) is 12. The number of phenolic OH excluding ortho intramolecular Hbond substituents is 1. The Balaban J connectivity index is 1.45. The monoisotopic (exact) mass is 967 g/mol. The van der Waals surface area contributed by atoms with Gasteiger partial charge in [0.15, 0.2) is 0 Å². The van der Waals surface area contributed by atoms with Crippen molar-refractivity contribution in [3.05, 3.63) is 66.3 Å². The number of carboxylic acids is 1. The van der Waals surface area contributed by atoms with E-state index >= 15 is 0 Å². The molecule has 370 valence electrons. The fourth-order valence-electron chi connectivity index (χ4n) is 7.36. The zero-order chi connectivity index (χ0) is 49.9. The topological polar surface area (TPSA) is 379 Å². The summed E-state index contributed by atoms with van der Waals surface area (Å²) in [7, 11) is 0. The lowest BCUT2D eigenvalue weighted by Gasteiger charge is -2.31. The molecule has 7 atom stereocenters. The molecule has 1 fully saturated rings. The number of imidazole rings is 2. The second-order valence-corrected chi connectivity index (χ2v) is 17.7. The molecule has 1 aromatic carbocycles. The molecular weight excluding hydrogens is 907 g/mol. The molecule has 3 aromatic rings. The predicted molar refractivity (Wildman–Crippen MR) is 246 cm³/mol. The number of aromatic nitrogens is 4. The van der Waals surface area contributed by atoms with Crippen molar-refractivity contribution in [2.75, 3.05) is 25.1 Å². The summed E-state index contributed by atoms with van der Waals surface area (Å²) in [5.74, 6) is -7.35. The number of carbonyl (C=O) groups is 9. The summed E-state index contributed by atoms with van der Waals surface area (Å²) in [4.78, 5) is 134. The van der Waals surface area contributed by atoms with Crippen molar-refractivity contribution in [1.82, 2.24) is 56.7 Å². The first-order valence-electron chi connectivity index (χ1n) is 21.9. The number of likely N-dealkylation sites (tertiary alicyclic amines) is 1. The van der Waals surface area contributed by atoms with Crippen molar-refractivity contribution in [1.29, 1.82) is 0 Å². The van der Waals surface area contributed by atoms with Gasteiger partial charge >= 0.3 is 5.97 Å². The van der Waals surface area contributed by atoms with E-state index < -0.39 is 108 Å². The molecule has 4 rings (SSSR count). The van der Waals surface area contributed by atoms with E-state index in [4.69, 9.17) is 11.5 Å². The van der Waals surface area contributed by atoms with Crippen LogP contribution in [0.5, 0.6) is 5.75 Å². The Hall–Kier alpha value is -7.02. The first kappa shape index (κ1) is 53.6. The van der Waals surface area contributed by atoms with E-state index in [0.717, 1.165) is 0 Å². The number of nitrogens with two attached hydrogens (primary N) is 2. The third-order valence-corrected chi connectivity index (χ3v) is 11.5. The zero-order valence-electron chi connectivity index (χ0n) is 38.0. The molecule has 1 aliphatic heterocycles. The minimum absolute atomic E-state index is 0.0211. The number of aromatic hydroxyl groups is 1. The number of thioether (sulfide) groups is 1. The van der Waals surface area contributed by atoms with E-state index in [2.05, 4.69) is 51.8 Å². The molecule has 24 nitrogen and oxygen atoms in total. The van der Waals surface area contributed by atoms with Crippen LogP contribution in [-0.4, -0.2) is 156 Å². The van der Waals surface area contributed by atoms with Crippen molar-refractivity contribution < 1.29 is 53.4 Å². The first-order chi connectivity index (χ1) is 32.3. The summed E-state index contributed by atoms with van der Waals surface area (Å²) in [6, 6.07) is -2.67. The number of H-pyrrole nitrogens is 2. The average molecular weight is 968 g/mol. The Labute approximate surface area is 396 Å². The number of benzene rings is 1. The van der Waals surface area contributed by atoms with E-state index in [0.29, 0.717) is 29.1 Å². The van der Waals surface area contributed by atoms with Gasteiger partial charge in [-0.3, -0.25) is 38.4 Å². The van der Waals surface area contributed by atoms with Gasteiger partial charge < -0.3 is 68.4 Å². The fourth-order valence-corrected chi connectivity index (χ4v) is 7.83. The molecule has 1 aliphatic rings. The second kappa shape index (κ2) is 26.4. The van der Waals surface area contributed by atoms with Crippen molar-refractivity contribution in [3.63, 3.8) is 0 Å². The number of aromatic amines is 2. The van der Waals surface area contributed by atoms with Crippen LogP contribution in [0.15, 0.2) is 49.3 Å². The molecule has 0 spiro atoms. The smallest absolute Gasteiger partial charge is 0.326 e. The lowest BCUT2D eigenvalue weighted by molar-refractivity contribution is -0.142. The van der Waals surface area contributed by atoms with Crippen LogP contribution < -0.4 is 43.4 Å². The Bertz CT molecular complexity index is 2190. The van der Waals surface area contributed by atoms with Crippen LogP contribution in [0.3, 0.4) is 0 Å². The number of carbonyl (C=O) groups excluding carboxylic acids is 8. The van der Waals surface area contributed by atoms with Gasteiger partial charge in [0, 0.05) is 49.6 Å². The van der Waals surface area contributed by atoms with Crippen LogP contribution in [0.4, 0.5) is 0 Å². The van der Waals surface area contributed by atoms with E-state index in [9.17, 15) is 53.4 Å². The number of phenols is 1. The molecule has 0 aliphatic carbocycles. The zero-order valence-corrected chi connectivity index (χ0v) is 38.8. The van der Waals surface area contributed by atoms with E-state index in [1.54, 1.807) is 26.0 Å². The molecule has 3 heterocycles. The minimum atomic E-state index is -1.60. The Morgan fingerprint density at radius 2 is 1.41 bits per heavy atom. The number of hydrogen-bond acceptors (Lipinski definition) is 14. The Morgan fingerprint density at radius 1 is 0.794 bits per heavy atom. The third kappa shape index (κ3) is 17.0. The highest BCUT2D eigenvalue weighted by Gasteiger charge is 2.40. The van der Waals surface area contributed by atoms with Crippen molar-refractivity contribution in [2.45, 2.75) is 108 Å². The van der Waals surface area contributed by atoms with Gasteiger partial charge in [-0.05, 0) is 61.3 Å². The third-order valence-electron chi connectivity index (χ3n) is 10.8. The van der Waals surface area contributed by atoms with Gasteiger partial charge in [0.05, 0.1) is 31.7 Å². The fraction of sp³-hybridized carbons (Fsp3) is 0.512. The van der Waals surface area contributed by atoms with Gasteiger partial charge in [-0.2, -0.15) is 11.8 Å². The molecule has 68 heavy (non-hydrogen) atoms. The number of rotatable bonds is 27. The maximum atomic E-state index is 14.5. The molecule has 0 bridgehead atoms. The number of nitrogens with one attached hydrogen (secondary N) is 8. The van der Waals surface area contributed by atoms with Crippen LogP contribution in [0.2, 0.25) is 0 Å². The maximum absolute atomic E-state index is 14.5. The normalized spacial score (nSPS) is 16.0. The van der Waals surface area contributed by atoms with Gasteiger partial charge in [-0.15, -0.1) is 0 Å². The second-order valence-electron chi connectivity index (χ2n) is 16.7. The van der Waals surface area contributed by atoms with Crippen LogP contribution in [0.25, 0.3) is 0 Å². The molecule has 2 aromatic heterocycles. The standard InChI is InChI=1S/C43H61N13O11S/c1-23(2)13-30(38(61)48-20-36(59)51-31(17-35(45)58)40(63)55-33(43(66)67)16-26-19-47-22-50-26)53-41(64)34-5-4-11-56(34)42(65)32(14-24-6-8-27(57)9-7-24)54-39(62)29(10-12-68-3)52-37(60)28(44)15-25-18-46-21-49-25/h6-9,18-19,21-23,28-34,57H,4-5,10-17,20,44H2,1-3H3,(H2,45,58)(H,46,49)(H,47,50)(H,48,61)(H,51,59)(H,52,60)(H,53,64)(H,54,62)(H,55,63)(H,66,67)/t28-,29-,30-,31-,32-,33-,34-/m0/s1. The van der Waals surface area contributed by atoms with Gasteiger partial charge in [0.1, 0.15) is 42.0 Å². The summed E-state index contributed by atoms with van der Waals surface area (Å²) in [6.07, 6.45) is 7.62. The van der Waals surface area contributed by atoms with E-state index in [1.807, 2.05) is 6.26 Å². The van der Waals surface area contributed by atoms with Gasteiger partial charge in [0.25, 0.3) is 0 Å². The van der Waals surface area contributed by atoms with Crippen LogP contribution in [0, 0.1) is 5.92 Å². The van der Waals surface area contributed by atoms with Crippen molar-refractivity contribution >= 4 is 65.0 Å². The molecule has 0 unspecified atom stereocenters. The highest BCUT2D eigenvalue weighted by molar-refractivity contribution is 7.98. The highest BCUT2D eigenvalue weighted by Crippen LogP contribution is 2.22. The quantitative estimate of drug-likeness (QED) is 0.0375. The number of nitrogens with zero attached hydrogens (tertiary/aromatic N) is 3. The Kier molecular flexibility index (Phi) is 20.8. The summed E-state index contributed by atoms with van der Waals surface area (Å²) < 4.78 is 0. The van der Waals surface area contributed by atoms with Crippen LogP contribution >= 0.6 is 11.8 Å². The lowest BCUT2D eigenvalue weighted by atomic mass is 10.0.